The van der Waals surface area contributed by atoms with Crippen LogP contribution in [0.25, 0.3) is 17.1 Å². The molecule has 176 valence electrons. The number of ether oxygens (including phenoxy) is 1. The second kappa shape index (κ2) is 10.3. The van der Waals surface area contributed by atoms with Crippen LogP contribution in [0.5, 0.6) is 5.75 Å². The van der Waals surface area contributed by atoms with E-state index in [9.17, 15) is 10.1 Å². The van der Waals surface area contributed by atoms with E-state index in [-0.39, 0.29) is 11.7 Å². The summed E-state index contributed by atoms with van der Waals surface area (Å²) in [5.74, 6) is 1.57. The Bertz CT molecular complexity index is 1180. The second-order valence-corrected chi connectivity index (χ2v) is 9.59. The van der Waals surface area contributed by atoms with Crippen LogP contribution in [-0.2, 0) is 4.79 Å². The average Bonchev–Trinajstić information content (AvgIpc) is 3.31. The number of aromatic nitrogens is 3. The fourth-order valence-electron chi connectivity index (χ4n) is 4.34. The van der Waals surface area contributed by atoms with E-state index in [2.05, 4.69) is 16.3 Å². The van der Waals surface area contributed by atoms with E-state index < -0.39 is 5.54 Å². The number of carbonyl (C=O) groups is 1. The molecule has 0 aliphatic heterocycles. The predicted molar refractivity (Wildman–Crippen MR) is 133 cm³/mol. The van der Waals surface area contributed by atoms with E-state index in [1.54, 1.807) is 19.1 Å². The summed E-state index contributed by atoms with van der Waals surface area (Å²) in [6.45, 7) is 2.04. The molecule has 3 aromatic rings. The van der Waals surface area contributed by atoms with E-state index in [0.29, 0.717) is 11.0 Å². The number of hydrogen-bond acceptors (Lipinski definition) is 6. The summed E-state index contributed by atoms with van der Waals surface area (Å²) in [7, 11) is 3.39. The third-order valence-corrected chi connectivity index (χ3v) is 7.42. The minimum absolute atomic E-state index is 0.0714. The van der Waals surface area contributed by atoms with Crippen LogP contribution < -0.4 is 4.74 Å². The van der Waals surface area contributed by atoms with Gasteiger partial charge in [0.2, 0.25) is 5.91 Å². The number of methoxy groups -OCH3 is 1. The van der Waals surface area contributed by atoms with Crippen molar-refractivity contribution < 1.29 is 9.53 Å². The zero-order valence-electron chi connectivity index (χ0n) is 19.8. The number of benzene rings is 2. The summed E-state index contributed by atoms with van der Waals surface area (Å²) in [4.78, 5) is 14.8. The Hall–Kier alpha value is -3.31. The monoisotopic (exact) mass is 475 g/mol. The molecule has 0 unspecified atom stereocenters. The van der Waals surface area contributed by atoms with Crippen LogP contribution in [0.2, 0.25) is 0 Å². The van der Waals surface area contributed by atoms with Gasteiger partial charge < -0.3 is 9.64 Å². The molecule has 1 fully saturated rings. The highest BCUT2D eigenvalue weighted by Gasteiger charge is 2.38. The van der Waals surface area contributed by atoms with E-state index in [1.165, 1.54) is 11.8 Å². The van der Waals surface area contributed by atoms with Crippen molar-refractivity contribution in [1.82, 2.24) is 19.7 Å². The first-order chi connectivity index (χ1) is 16.5. The van der Waals surface area contributed by atoms with Crippen LogP contribution in [0.3, 0.4) is 0 Å². The van der Waals surface area contributed by atoms with Crippen LogP contribution in [0.1, 0.15) is 37.7 Å². The van der Waals surface area contributed by atoms with Gasteiger partial charge >= 0.3 is 0 Å². The standard InChI is InChI=1S/C26H29N5O2S/c1-19-7-11-21(12-8-19)31-24(20-9-13-22(33-3)14-10-20)28-29-25(31)34-17-23(32)30(2)26(18-27)15-5-4-6-16-26/h7-14H,4-6,15-17H2,1-3H3. The van der Waals surface area contributed by atoms with Crippen molar-refractivity contribution in [1.29, 1.82) is 5.26 Å². The lowest BCUT2D eigenvalue weighted by molar-refractivity contribution is -0.131. The van der Waals surface area contributed by atoms with Gasteiger partial charge in [-0.3, -0.25) is 9.36 Å². The molecule has 0 radical (unpaired) electrons. The third-order valence-electron chi connectivity index (χ3n) is 6.50. The maximum Gasteiger partial charge on any atom is 0.234 e. The average molecular weight is 476 g/mol. The topological polar surface area (TPSA) is 84.0 Å². The number of hydrogen-bond donors (Lipinski definition) is 0. The first-order valence-corrected chi connectivity index (χ1v) is 12.4. The van der Waals surface area contributed by atoms with Crippen LogP contribution in [-0.4, -0.2) is 51.0 Å². The molecule has 1 aliphatic carbocycles. The Morgan fingerprint density at radius 2 is 1.79 bits per heavy atom. The molecule has 1 aliphatic rings. The Morgan fingerprint density at radius 3 is 2.41 bits per heavy atom. The lowest BCUT2D eigenvalue weighted by Crippen LogP contribution is -2.50. The zero-order chi connectivity index (χ0) is 24.1. The Balaban J connectivity index is 1.61. The van der Waals surface area contributed by atoms with Gasteiger partial charge in [0, 0.05) is 18.3 Å². The Morgan fingerprint density at radius 1 is 1.12 bits per heavy atom. The fourth-order valence-corrected chi connectivity index (χ4v) is 5.20. The van der Waals surface area contributed by atoms with E-state index in [4.69, 9.17) is 4.74 Å². The highest BCUT2D eigenvalue weighted by Crippen LogP contribution is 2.34. The summed E-state index contributed by atoms with van der Waals surface area (Å²) >= 11 is 1.34. The number of amides is 1. The summed E-state index contributed by atoms with van der Waals surface area (Å²) in [6.07, 6.45) is 4.54. The quantitative estimate of drug-likeness (QED) is 0.446. The maximum atomic E-state index is 13.1. The van der Waals surface area contributed by atoms with Crippen LogP contribution in [0.4, 0.5) is 0 Å². The number of carbonyl (C=O) groups excluding carboxylic acids is 1. The summed E-state index contributed by atoms with van der Waals surface area (Å²) in [5, 5.41) is 19.4. The molecule has 1 aromatic heterocycles. The molecule has 0 atom stereocenters. The molecule has 8 heteroatoms. The third kappa shape index (κ3) is 4.80. The SMILES string of the molecule is COc1ccc(-c2nnc(SCC(=O)N(C)C3(C#N)CCCCC3)n2-c2ccc(C)cc2)cc1. The second-order valence-electron chi connectivity index (χ2n) is 8.65. The number of thioether (sulfide) groups is 1. The van der Waals surface area contributed by atoms with E-state index >= 15 is 0 Å². The molecule has 2 aromatic carbocycles. The zero-order valence-corrected chi connectivity index (χ0v) is 20.6. The van der Waals surface area contributed by atoms with Gasteiger partial charge in [-0.25, -0.2) is 0 Å². The van der Waals surface area contributed by atoms with Gasteiger partial charge in [0.05, 0.1) is 18.9 Å². The lowest BCUT2D eigenvalue weighted by Gasteiger charge is -2.39. The number of nitriles is 1. The van der Waals surface area contributed by atoms with Crippen molar-refractivity contribution in [3.63, 3.8) is 0 Å². The van der Waals surface area contributed by atoms with Gasteiger partial charge in [-0.1, -0.05) is 48.7 Å². The highest BCUT2D eigenvalue weighted by atomic mass is 32.2. The molecule has 4 rings (SSSR count). The van der Waals surface area contributed by atoms with Gasteiger partial charge in [0.25, 0.3) is 0 Å². The molecule has 0 spiro atoms. The van der Waals surface area contributed by atoms with E-state index in [1.807, 2.05) is 60.0 Å². The Labute approximate surface area is 204 Å². The van der Waals surface area contributed by atoms with Crippen molar-refractivity contribution in [2.45, 2.75) is 49.7 Å². The van der Waals surface area contributed by atoms with Gasteiger partial charge in [-0.15, -0.1) is 10.2 Å². The number of nitrogens with zero attached hydrogens (tertiary/aromatic N) is 5. The molecular weight excluding hydrogens is 446 g/mol. The number of rotatable bonds is 7. The van der Waals surface area contributed by atoms with Crippen LogP contribution in [0, 0.1) is 18.3 Å². The molecule has 1 heterocycles. The van der Waals surface area contributed by atoms with Gasteiger partial charge in [0.15, 0.2) is 11.0 Å². The van der Waals surface area contributed by atoms with E-state index in [0.717, 1.165) is 54.7 Å². The lowest BCUT2D eigenvalue weighted by atomic mass is 9.81. The minimum atomic E-state index is -0.700. The fraction of sp³-hybridized carbons (Fsp3) is 0.385. The largest absolute Gasteiger partial charge is 0.497 e. The van der Waals surface area contributed by atoms with Gasteiger partial charge in [-0.05, 0) is 56.2 Å². The van der Waals surface area contributed by atoms with Crippen molar-refractivity contribution in [3.8, 4) is 28.9 Å². The molecular formula is C26H29N5O2S. The van der Waals surface area contributed by atoms with Crippen LogP contribution >= 0.6 is 11.8 Å². The van der Waals surface area contributed by atoms with Crippen LogP contribution in [0.15, 0.2) is 53.7 Å². The summed E-state index contributed by atoms with van der Waals surface area (Å²) in [5.41, 5.74) is 2.28. The minimum Gasteiger partial charge on any atom is -0.497 e. The molecule has 1 amide bonds. The summed E-state index contributed by atoms with van der Waals surface area (Å²) < 4.78 is 7.25. The molecule has 0 N–H and O–H groups in total. The van der Waals surface area contributed by atoms with Gasteiger partial charge in [-0.2, -0.15) is 5.26 Å². The van der Waals surface area contributed by atoms with Crippen molar-refractivity contribution >= 4 is 17.7 Å². The first kappa shape index (κ1) is 23.8. The van der Waals surface area contributed by atoms with Gasteiger partial charge in [0.1, 0.15) is 11.3 Å². The number of aryl methyl sites for hydroxylation is 1. The van der Waals surface area contributed by atoms with Crippen molar-refractivity contribution in [3.05, 3.63) is 54.1 Å². The Kier molecular flexibility index (Phi) is 7.23. The highest BCUT2D eigenvalue weighted by molar-refractivity contribution is 7.99. The molecule has 0 saturated heterocycles. The molecule has 1 saturated carbocycles. The maximum absolute atomic E-state index is 13.1. The normalized spacial score (nSPS) is 14.9. The predicted octanol–water partition coefficient (Wildman–Crippen LogP) is 5.03. The van der Waals surface area contributed by atoms with Crippen molar-refractivity contribution in [2.24, 2.45) is 0 Å². The first-order valence-electron chi connectivity index (χ1n) is 11.4. The summed E-state index contributed by atoms with van der Waals surface area (Å²) in [6, 6.07) is 18.2. The smallest absolute Gasteiger partial charge is 0.234 e. The molecule has 7 nitrogen and oxygen atoms in total. The molecule has 34 heavy (non-hydrogen) atoms. The molecule has 0 bridgehead atoms. The van der Waals surface area contributed by atoms with Crippen molar-refractivity contribution in [2.75, 3.05) is 19.9 Å².